The van der Waals surface area contributed by atoms with Crippen LogP contribution in [-0.4, -0.2) is 21.5 Å². The number of aryl methyl sites for hydroxylation is 2. The van der Waals surface area contributed by atoms with Crippen molar-refractivity contribution in [2.45, 2.75) is 46.3 Å². The molecule has 0 radical (unpaired) electrons. The Morgan fingerprint density at radius 1 is 1.24 bits per heavy atom. The number of benzene rings is 1. The molecule has 0 aliphatic rings. The number of nitrogens with one attached hydrogen (secondary N) is 1. The van der Waals surface area contributed by atoms with Gasteiger partial charge in [0, 0.05) is 18.9 Å². The van der Waals surface area contributed by atoms with E-state index in [0.717, 1.165) is 18.8 Å². The van der Waals surface area contributed by atoms with Gasteiger partial charge in [-0.15, -0.1) is 24.8 Å². The lowest BCUT2D eigenvalue weighted by Gasteiger charge is -2.25. The molecule has 7 heteroatoms. The minimum absolute atomic E-state index is 0. The van der Waals surface area contributed by atoms with E-state index in [1.807, 2.05) is 45.2 Å². The van der Waals surface area contributed by atoms with Gasteiger partial charge in [0.2, 0.25) is 5.91 Å². The van der Waals surface area contributed by atoms with E-state index in [4.69, 9.17) is 5.73 Å². The molecule has 2 aromatic rings. The molecule has 140 valence electrons. The maximum atomic E-state index is 12.1. The molecular formula is C18H28Cl2N4O. The van der Waals surface area contributed by atoms with E-state index in [-0.39, 0.29) is 36.1 Å². The van der Waals surface area contributed by atoms with Gasteiger partial charge in [-0.25, -0.2) is 4.98 Å². The molecule has 0 unspecified atom stereocenters. The normalized spacial score (nSPS) is 11.8. The molecule has 1 aromatic carbocycles. The molecular weight excluding hydrogens is 359 g/mol. The summed E-state index contributed by atoms with van der Waals surface area (Å²) in [6, 6.07) is 9.79. The smallest absolute Gasteiger partial charge is 0.237 e. The van der Waals surface area contributed by atoms with Crippen LogP contribution in [0.25, 0.3) is 0 Å². The van der Waals surface area contributed by atoms with E-state index in [1.54, 1.807) is 6.20 Å². The highest BCUT2D eigenvalue weighted by Gasteiger charge is 2.27. The van der Waals surface area contributed by atoms with Crippen LogP contribution >= 0.6 is 24.8 Å². The Kier molecular flexibility index (Phi) is 9.78. The van der Waals surface area contributed by atoms with Gasteiger partial charge in [0.15, 0.2) is 0 Å². The van der Waals surface area contributed by atoms with Crippen LogP contribution < -0.4 is 11.1 Å². The quantitative estimate of drug-likeness (QED) is 0.801. The molecule has 0 saturated carbocycles. The lowest BCUT2D eigenvalue weighted by atomic mass is 9.87. The van der Waals surface area contributed by atoms with Gasteiger partial charge in [0.25, 0.3) is 0 Å². The molecule has 2 rings (SSSR count). The fourth-order valence-corrected chi connectivity index (χ4v) is 2.27. The Balaban J connectivity index is 0.00000288. The van der Waals surface area contributed by atoms with Crippen molar-refractivity contribution < 1.29 is 4.79 Å². The number of carbonyl (C=O) groups is 1. The third-order valence-electron chi connectivity index (χ3n) is 3.92. The Morgan fingerprint density at radius 2 is 1.88 bits per heavy atom. The average Bonchev–Trinajstić information content (AvgIpc) is 2.97. The van der Waals surface area contributed by atoms with Crippen LogP contribution in [0.4, 0.5) is 0 Å². The predicted octanol–water partition coefficient (Wildman–Crippen LogP) is 2.96. The third-order valence-corrected chi connectivity index (χ3v) is 3.92. The van der Waals surface area contributed by atoms with Crippen molar-refractivity contribution in [2.24, 2.45) is 11.1 Å². The van der Waals surface area contributed by atoms with Crippen molar-refractivity contribution in [3.63, 3.8) is 0 Å². The zero-order valence-electron chi connectivity index (χ0n) is 14.9. The minimum Gasteiger partial charge on any atom is -0.348 e. The summed E-state index contributed by atoms with van der Waals surface area (Å²) < 4.78 is 2.07. The highest BCUT2D eigenvalue weighted by Crippen LogP contribution is 2.17. The number of carbonyl (C=O) groups excluding carboxylic acids is 1. The summed E-state index contributed by atoms with van der Waals surface area (Å²) in [7, 11) is 0. The maximum Gasteiger partial charge on any atom is 0.237 e. The first-order valence-electron chi connectivity index (χ1n) is 7.95. The fourth-order valence-electron chi connectivity index (χ4n) is 2.27. The maximum absolute atomic E-state index is 12.1. The topological polar surface area (TPSA) is 72.9 Å². The molecule has 1 amide bonds. The van der Waals surface area contributed by atoms with E-state index in [0.29, 0.717) is 6.54 Å². The van der Waals surface area contributed by atoms with Crippen molar-refractivity contribution in [3.8, 4) is 0 Å². The fraction of sp³-hybridized carbons (Fsp3) is 0.444. The zero-order valence-corrected chi connectivity index (χ0v) is 16.6. The second kappa shape index (κ2) is 10.4. The third kappa shape index (κ3) is 7.06. The lowest BCUT2D eigenvalue weighted by Crippen LogP contribution is -2.48. The minimum atomic E-state index is -0.532. The molecule has 0 aliphatic carbocycles. The van der Waals surface area contributed by atoms with Gasteiger partial charge in [0.05, 0.1) is 12.6 Å². The number of hydrogen-bond donors (Lipinski definition) is 2. The van der Waals surface area contributed by atoms with E-state index in [2.05, 4.69) is 27.0 Å². The van der Waals surface area contributed by atoms with Crippen molar-refractivity contribution >= 4 is 30.7 Å². The molecule has 25 heavy (non-hydrogen) atoms. The van der Waals surface area contributed by atoms with Crippen LogP contribution in [-0.2, 0) is 24.3 Å². The van der Waals surface area contributed by atoms with Crippen LogP contribution in [0.5, 0.6) is 0 Å². The summed E-state index contributed by atoms with van der Waals surface area (Å²) in [5.41, 5.74) is 6.99. The van der Waals surface area contributed by atoms with E-state index < -0.39 is 6.04 Å². The highest BCUT2D eigenvalue weighted by molar-refractivity contribution is 5.85. The second-order valence-corrected chi connectivity index (χ2v) is 6.83. The standard InChI is InChI=1S/C18H26N4O.2ClH/c1-18(2,3)16(19)17(23)21-13-15-20-10-12-22(15)11-9-14-7-5-4-6-8-14;;/h4-8,10,12,16H,9,11,13,19H2,1-3H3,(H,21,23);2*1H/t16-;;/m1../s1. The second-order valence-electron chi connectivity index (χ2n) is 6.83. The summed E-state index contributed by atoms with van der Waals surface area (Å²) in [6.07, 6.45) is 4.63. The first-order chi connectivity index (χ1) is 10.9. The van der Waals surface area contributed by atoms with Gasteiger partial charge < -0.3 is 15.6 Å². The van der Waals surface area contributed by atoms with Crippen LogP contribution in [0.3, 0.4) is 0 Å². The lowest BCUT2D eigenvalue weighted by molar-refractivity contribution is -0.124. The van der Waals surface area contributed by atoms with Gasteiger partial charge in [-0.05, 0) is 17.4 Å². The van der Waals surface area contributed by atoms with Crippen LogP contribution in [0.15, 0.2) is 42.7 Å². The van der Waals surface area contributed by atoms with Crippen molar-refractivity contribution in [1.82, 2.24) is 14.9 Å². The van der Waals surface area contributed by atoms with Gasteiger partial charge in [-0.1, -0.05) is 51.1 Å². The number of halogens is 2. The van der Waals surface area contributed by atoms with Crippen LogP contribution in [0.2, 0.25) is 0 Å². The summed E-state index contributed by atoms with van der Waals surface area (Å²) in [5.74, 6) is 0.700. The largest absolute Gasteiger partial charge is 0.348 e. The molecule has 5 nitrogen and oxygen atoms in total. The van der Waals surface area contributed by atoms with Gasteiger partial charge in [-0.2, -0.15) is 0 Å². The number of imidazole rings is 1. The molecule has 3 N–H and O–H groups in total. The van der Waals surface area contributed by atoms with Crippen molar-refractivity contribution in [1.29, 1.82) is 0 Å². The number of rotatable bonds is 6. The Labute approximate surface area is 162 Å². The molecule has 1 heterocycles. The van der Waals surface area contributed by atoms with Crippen molar-refractivity contribution in [2.75, 3.05) is 0 Å². The van der Waals surface area contributed by atoms with Gasteiger partial charge >= 0.3 is 0 Å². The number of nitrogens with zero attached hydrogens (tertiary/aromatic N) is 2. The molecule has 0 fully saturated rings. The summed E-state index contributed by atoms with van der Waals surface area (Å²) in [6.45, 7) is 7.10. The van der Waals surface area contributed by atoms with Crippen molar-refractivity contribution in [3.05, 3.63) is 54.1 Å². The predicted molar refractivity (Wildman–Crippen MR) is 106 cm³/mol. The van der Waals surface area contributed by atoms with Gasteiger partial charge in [-0.3, -0.25) is 4.79 Å². The molecule has 1 aromatic heterocycles. The Morgan fingerprint density at radius 3 is 2.48 bits per heavy atom. The average molecular weight is 387 g/mol. The summed E-state index contributed by atoms with van der Waals surface area (Å²) in [4.78, 5) is 16.4. The van der Waals surface area contributed by atoms with E-state index in [1.165, 1.54) is 5.56 Å². The monoisotopic (exact) mass is 386 g/mol. The summed E-state index contributed by atoms with van der Waals surface area (Å²) in [5, 5.41) is 2.88. The first kappa shape index (κ1) is 23.4. The molecule has 0 aliphatic heterocycles. The summed E-state index contributed by atoms with van der Waals surface area (Å²) >= 11 is 0. The number of amides is 1. The zero-order chi connectivity index (χ0) is 16.9. The van der Waals surface area contributed by atoms with E-state index >= 15 is 0 Å². The first-order valence-corrected chi connectivity index (χ1v) is 7.95. The highest BCUT2D eigenvalue weighted by atomic mass is 35.5. The molecule has 0 spiro atoms. The molecule has 1 atom stereocenters. The Bertz CT molecular complexity index is 638. The van der Waals surface area contributed by atoms with E-state index in [9.17, 15) is 4.79 Å². The van der Waals surface area contributed by atoms with Crippen LogP contribution in [0.1, 0.15) is 32.2 Å². The molecule has 0 saturated heterocycles. The number of aromatic nitrogens is 2. The van der Waals surface area contributed by atoms with Crippen LogP contribution in [0, 0.1) is 5.41 Å². The SMILES string of the molecule is CC(C)(C)[C@H](N)C(=O)NCc1nccn1CCc1ccccc1.Cl.Cl. The molecule has 0 bridgehead atoms. The number of hydrogen-bond acceptors (Lipinski definition) is 3. The Hall–Kier alpha value is -1.56. The number of nitrogens with two attached hydrogens (primary N) is 1. The van der Waals surface area contributed by atoms with Gasteiger partial charge in [0.1, 0.15) is 5.82 Å².